The smallest absolute Gasteiger partial charge is 0.256 e. The van der Waals surface area contributed by atoms with Crippen molar-refractivity contribution in [3.63, 3.8) is 0 Å². The quantitative estimate of drug-likeness (QED) is 0.772. The zero-order valence-electron chi connectivity index (χ0n) is 15.4. The summed E-state index contributed by atoms with van der Waals surface area (Å²) >= 11 is 0. The summed E-state index contributed by atoms with van der Waals surface area (Å²) in [5.74, 6) is 0.847. The molecular formula is C20H22N6O. The molecule has 3 aromatic rings. The SMILES string of the molecule is Cc1ccnc(N[C@@H]2C[C@@H](C)N(C(=O)c3ccccc3-n3nccn3)C2)c1. The van der Waals surface area contributed by atoms with Crippen LogP contribution in [-0.4, -0.2) is 49.4 Å². The van der Waals surface area contributed by atoms with E-state index in [1.807, 2.05) is 48.2 Å². The highest BCUT2D eigenvalue weighted by atomic mass is 16.2. The zero-order valence-corrected chi connectivity index (χ0v) is 15.4. The molecule has 1 aliphatic heterocycles. The Kier molecular flexibility index (Phi) is 4.58. The lowest BCUT2D eigenvalue weighted by atomic mass is 10.1. The largest absolute Gasteiger partial charge is 0.365 e. The van der Waals surface area contributed by atoms with Gasteiger partial charge < -0.3 is 10.2 Å². The lowest BCUT2D eigenvalue weighted by molar-refractivity contribution is 0.0746. The van der Waals surface area contributed by atoms with Crippen LogP contribution in [0.1, 0.15) is 29.3 Å². The fourth-order valence-electron chi connectivity index (χ4n) is 3.57. The third-order valence-corrected chi connectivity index (χ3v) is 4.87. The second-order valence-electron chi connectivity index (χ2n) is 6.94. The van der Waals surface area contributed by atoms with Crippen molar-refractivity contribution in [3.8, 4) is 5.69 Å². The molecule has 0 bridgehead atoms. The minimum atomic E-state index is -0.00287. The van der Waals surface area contributed by atoms with E-state index < -0.39 is 0 Å². The normalized spacial score (nSPS) is 19.3. The molecule has 138 valence electrons. The molecule has 0 spiro atoms. The molecule has 1 aliphatic rings. The first kappa shape index (κ1) is 17.2. The summed E-state index contributed by atoms with van der Waals surface area (Å²) < 4.78 is 0. The number of hydrogen-bond acceptors (Lipinski definition) is 5. The lowest BCUT2D eigenvalue weighted by Gasteiger charge is -2.22. The number of aryl methyl sites for hydroxylation is 1. The fraction of sp³-hybridized carbons (Fsp3) is 0.300. The van der Waals surface area contributed by atoms with Crippen LogP contribution in [-0.2, 0) is 0 Å². The molecule has 0 radical (unpaired) electrons. The highest BCUT2D eigenvalue weighted by molar-refractivity contribution is 5.98. The van der Waals surface area contributed by atoms with Crippen molar-refractivity contribution < 1.29 is 4.79 Å². The number of nitrogens with one attached hydrogen (secondary N) is 1. The Balaban J connectivity index is 1.53. The van der Waals surface area contributed by atoms with Gasteiger partial charge in [-0.1, -0.05) is 12.1 Å². The number of nitrogens with zero attached hydrogens (tertiary/aromatic N) is 5. The molecule has 1 fully saturated rings. The summed E-state index contributed by atoms with van der Waals surface area (Å²) in [7, 11) is 0. The van der Waals surface area contributed by atoms with Gasteiger partial charge in [0.1, 0.15) is 5.82 Å². The average molecular weight is 362 g/mol. The van der Waals surface area contributed by atoms with E-state index in [1.165, 1.54) is 4.80 Å². The molecule has 0 unspecified atom stereocenters. The van der Waals surface area contributed by atoms with Gasteiger partial charge in [-0.3, -0.25) is 4.79 Å². The number of aromatic nitrogens is 4. The molecule has 1 saturated heterocycles. The Hall–Kier alpha value is -3.22. The van der Waals surface area contributed by atoms with Crippen LogP contribution >= 0.6 is 0 Å². The topological polar surface area (TPSA) is 75.9 Å². The van der Waals surface area contributed by atoms with Crippen molar-refractivity contribution in [3.05, 3.63) is 66.1 Å². The first-order valence-corrected chi connectivity index (χ1v) is 9.07. The summed E-state index contributed by atoms with van der Waals surface area (Å²) in [6, 6.07) is 11.7. The predicted octanol–water partition coefficient (Wildman–Crippen LogP) is 2.69. The number of para-hydroxylation sites is 1. The third kappa shape index (κ3) is 3.53. The molecule has 1 aromatic carbocycles. The van der Waals surface area contributed by atoms with Gasteiger partial charge in [0.15, 0.2) is 0 Å². The van der Waals surface area contributed by atoms with Gasteiger partial charge in [-0.15, -0.1) is 0 Å². The second kappa shape index (κ2) is 7.19. The van der Waals surface area contributed by atoms with Crippen molar-refractivity contribution in [1.82, 2.24) is 24.9 Å². The highest BCUT2D eigenvalue weighted by Crippen LogP contribution is 2.24. The van der Waals surface area contributed by atoms with Gasteiger partial charge in [-0.05, 0) is 50.1 Å². The first-order valence-electron chi connectivity index (χ1n) is 9.07. The zero-order chi connectivity index (χ0) is 18.8. The number of rotatable bonds is 4. The number of likely N-dealkylation sites (tertiary alicyclic amines) is 1. The Morgan fingerprint density at radius 2 is 1.93 bits per heavy atom. The van der Waals surface area contributed by atoms with E-state index in [2.05, 4.69) is 27.4 Å². The monoisotopic (exact) mass is 362 g/mol. The van der Waals surface area contributed by atoms with Gasteiger partial charge in [0.2, 0.25) is 0 Å². The van der Waals surface area contributed by atoms with E-state index in [9.17, 15) is 4.79 Å². The Morgan fingerprint density at radius 3 is 2.70 bits per heavy atom. The van der Waals surface area contributed by atoms with Crippen molar-refractivity contribution in [2.75, 3.05) is 11.9 Å². The molecule has 7 nitrogen and oxygen atoms in total. The number of carbonyl (C=O) groups is 1. The second-order valence-corrected chi connectivity index (χ2v) is 6.94. The van der Waals surface area contributed by atoms with Gasteiger partial charge in [-0.25, -0.2) is 4.98 Å². The fourth-order valence-corrected chi connectivity index (χ4v) is 3.57. The van der Waals surface area contributed by atoms with Crippen LogP contribution in [0.5, 0.6) is 0 Å². The van der Waals surface area contributed by atoms with E-state index >= 15 is 0 Å². The summed E-state index contributed by atoms with van der Waals surface area (Å²) in [5.41, 5.74) is 2.46. The van der Waals surface area contributed by atoms with Crippen molar-refractivity contribution >= 4 is 11.7 Å². The maximum atomic E-state index is 13.2. The van der Waals surface area contributed by atoms with Crippen LogP contribution in [0.4, 0.5) is 5.82 Å². The number of amides is 1. The van der Waals surface area contributed by atoms with Gasteiger partial charge in [0.05, 0.1) is 23.6 Å². The van der Waals surface area contributed by atoms with E-state index in [-0.39, 0.29) is 18.0 Å². The van der Waals surface area contributed by atoms with Gasteiger partial charge in [-0.2, -0.15) is 15.0 Å². The molecule has 4 rings (SSSR count). The van der Waals surface area contributed by atoms with Crippen LogP contribution in [0, 0.1) is 6.92 Å². The predicted molar refractivity (Wildman–Crippen MR) is 103 cm³/mol. The molecule has 27 heavy (non-hydrogen) atoms. The summed E-state index contributed by atoms with van der Waals surface area (Å²) in [6.45, 7) is 4.76. The number of benzene rings is 1. The van der Waals surface area contributed by atoms with Crippen molar-refractivity contribution in [1.29, 1.82) is 0 Å². The van der Waals surface area contributed by atoms with Crippen molar-refractivity contribution in [2.45, 2.75) is 32.4 Å². The Bertz CT molecular complexity index is 939. The van der Waals surface area contributed by atoms with Crippen LogP contribution < -0.4 is 5.32 Å². The van der Waals surface area contributed by atoms with Crippen LogP contribution in [0.15, 0.2) is 55.0 Å². The van der Waals surface area contributed by atoms with Gasteiger partial charge >= 0.3 is 0 Å². The molecule has 3 heterocycles. The summed E-state index contributed by atoms with van der Waals surface area (Å²) in [5, 5.41) is 11.8. The maximum Gasteiger partial charge on any atom is 0.256 e. The number of pyridine rings is 1. The Morgan fingerprint density at radius 1 is 1.15 bits per heavy atom. The highest BCUT2D eigenvalue weighted by Gasteiger charge is 2.34. The molecule has 1 amide bonds. The number of anilines is 1. The van der Waals surface area contributed by atoms with Crippen LogP contribution in [0.25, 0.3) is 5.69 Å². The lowest BCUT2D eigenvalue weighted by Crippen LogP contribution is -2.35. The number of carbonyl (C=O) groups excluding carboxylic acids is 1. The average Bonchev–Trinajstić information content (AvgIpc) is 3.31. The molecule has 2 aromatic heterocycles. The summed E-state index contributed by atoms with van der Waals surface area (Å²) in [4.78, 5) is 21.0. The standard InChI is InChI=1S/C20H22N6O/c1-14-7-8-21-19(11-14)24-16-12-15(2)25(13-16)20(27)17-5-3-4-6-18(17)26-22-9-10-23-26/h3-11,15-16H,12-13H2,1-2H3,(H,21,24)/t15-,16-/m1/s1. The van der Waals surface area contributed by atoms with E-state index in [4.69, 9.17) is 0 Å². The summed E-state index contributed by atoms with van der Waals surface area (Å²) in [6.07, 6.45) is 5.89. The molecule has 2 atom stereocenters. The van der Waals surface area contributed by atoms with E-state index in [0.29, 0.717) is 17.8 Å². The van der Waals surface area contributed by atoms with Crippen LogP contribution in [0.3, 0.4) is 0 Å². The van der Waals surface area contributed by atoms with E-state index in [0.717, 1.165) is 17.8 Å². The molecular weight excluding hydrogens is 340 g/mol. The maximum absolute atomic E-state index is 13.2. The third-order valence-electron chi connectivity index (χ3n) is 4.87. The molecule has 7 heteroatoms. The molecule has 0 saturated carbocycles. The van der Waals surface area contributed by atoms with Crippen LogP contribution in [0.2, 0.25) is 0 Å². The van der Waals surface area contributed by atoms with Gasteiger partial charge in [0.25, 0.3) is 5.91 Å². The molecule has 0 aliphatic carbocycles. The minimum absolute atomic E-state index is 0.00287. The minimum Gasteiger partial charge on any atom is -0.365 e. The van der Waals surface area contributed by atoms with E-state index in [1.54, 1.807) is 18.6 Å². The Labute approximate surface area is 158 Å². The number of hydrogen-bond donors (Lipinski definition) is 1. The molecule has 1 N–H and O–H groups in total. The van der Waals surface area contributed by atoms with Gasteiger partial charge in [0, 0.05) is 24.8 Å². The van der Waals surface area contributed by atoms with Crippen molar-refractivity contribution in [2.24, 2.45) is 0 Å². The first-order chi connectivity index (χ1) is 13.1.